The SMILES string of the molecule is Cc1cc(C)cc(N2C(=O)NC(=O)/C(=C/c3cc(Br)ccc3OCC(=O)O)C2=O)c1. The summed E-state index contributed by atoms with van der Waals surface area (Å²) in [6.45, 7) is 3.07. The molecule has 0 spiro atoms. The van der Waals surface area contributed by atoms with Crippen molar-refractivity contribution in [2.45, 2.75) is 13.8 Å². The number of carboxylic acids is 1. The molecule has 0 aromatic heterocycles. The topological polar surface area (TPSA) is 113 Å². The fraction of sp³-hybridized carbons (Fsp3) is 0.143. The molecule has 4 amide bonds. The molecular weight excluding hydrogens is 456 g/mol. The molecule has 2 N–H and O–H groups in total. The van der Waals surface area contributed by atoms with Gasteiger partial charge in [0.05, 0.1) is 5.69 Å². The molecule has 1 heterocycles. The van der Waals surface area contributed by atoms with Crippen molar-refractivity contribution in [3.05, 3.63) is 63.1 Å². The van der Waals surface area contributed by atoms with Crippen LogP contribution in [0.4, 0.5) is 10.5 Å². The van der Waals surface area contributed by atoms with E-state index in [1.54, 1.807) is 24.3 Å². The molecule has 0 radical (unpaired) electrons. The Balaban J connectivity index is 2.05. The lowest BCUT2D eigenvalue weighted by molar-refractivity contribution is -0.139. The van der Waals surface area contributed by atoms with Crippen LogP contribution >= 0.6 is 15.9 Å². The highest BCUT2D eigenvalue weighted by Gasteiger charge is 2.37. The second-order valence-electron chi connectivity index (χ2n) is 6.67. The van der Waals surface area contributed by atoms with Gasteiger partial charge in [-0.3, -0.25) is 14.9 Å². The van der Waals surface area contributed by atoms with Gasteiger partial charge in [0, 0.05) is 10.0 Å². The van der Waals surface area contributed by atoms with Gasteiger partial charge in [0.1, 0.15) is 11.3 Å². The molecule has 0 bridgehead atoms. The Bertz CT molecular complexity index is 1090. The molecule has 0 unspecified atom stereocenters. The Morgan fingerprint density at radius 2 is 1.80 bits per heavy atom. The van der Waals surface area contributed by atoms with Crippen LogP contribution < -0.4 is 15.0 Å². The molecule has 1 aliphatic heterocycles. The first-order valence-electron chi connectivity index (χ1n) is 8.79. The van der Waals surface area contributed by atoms with Crippen molar-refractivity contribution in [3.8, 4) is 5.75 Å². The maximum absolute atomic E-state index is 13.1. The Kier molecular flexibility index (Phi) is 6.02. The third kappa shape index (κ3) is 4.57. The van der Waals surface area contributed by atoms with E-state index >= 15 is 0 Å². The number of carbonyl (C=O) groups is 4. The molecule has 3 rings (SSSR count). The zero-order chi connectivity index (χ0) is 22.0. The number of barbiturate groups is 1. The first kappa shape index (κ1) is 21.3. The number of aryl methyl sites for hydroxylation is 2. The number of ether oxygens (including phenoxy) is 1. The van der Waals surface area contributed by atoms with Crippen LogP contribution in [0.2, 0.25) is 0 Å². The van der Waals surface area contributed by atoms with Crippen LogP contribution in [0.1, 0.15) is 16.7 Å². The normalized spacial score (nSPS) is 15.4. The van der Waals surface area contributed by atoms with Gasteiger partial charge in [-0.1, -0.05) is 22.0 Å². The third-order valence-corrected chi connectivity index (χ3v) is 4.68. The molecule has 8 nitrogen and oxygen atoms in total. The summed E-state index contributed by atoms with van der Waals surface area (Å²) in [6.07, 6.45) is 1.27. The molecule has 1 aliphatic rings. The zero-order valence-corrected chi connectivity index (χ0v) is 17.6. The lowest BCUT2D eigenvalue weighted by Crippen LogP contribution is -2.54. The second-order valence-corrected chi connectivity index (χ2v) is 7.58. The van der Waals surface area contributed by atoms with E-state index in [-0.39, 0.29) is 11.3 Å². The van der Waals surface area contributed by atoms with Gasteiger partial charge in [0.2, 0.25) is 0 Å². The molecule has 1 fully saturated rings. The van der Waals surface area contributed by atoms with Gasteiger partial charge in [0.15, 0.2) is 6.61 Å². The Labute approximate surface area is 180 Å². The fourth-order valence-corrected chi connectivity index (χ4v) is 3.41. The maximum atomic E-state index is 13.1. The molecular formula is C21H17BrN2O6. The van der Waals surface area contributed by atoms with E-state index in [9.17, 15) is 19.2 Å². The number of anilines is 1. The monoisotopic (exact) mass is 472 g/mol. The summed E-state index contributed by atoms with van der Waals surface area (Å²) in [5.74, 6) is -2.65. The molecule has 2 aromatic rings. The quantitative estimate of drug-likeness (QED) is 0.510. The van der Waals surface area contributed by atoms with Crippen LogP contribution in [-0.2, 0) is 14.4 Å². The van der Waals surface area contributed by atoms with Gasteiger partial charge in [-0.15, -0.1) is 0 Å². The van der Waals surface area contributed by atoms with Crippen LogP contribution in [0.15, 0.2) is 46.4 Å². The van der Waals surface area contributed by atoms with E-state index in [1.807, 2.05) is 19.9 Å². The standard InChI is InChI=1S/C21H17BrN2O6/c1-11-5-12(2)7-15(6-11)24-20(28)16(19(27)23-21(24)29)9-13-8-14(22)3-4-17(13)30-10-18(25)26/h3-9H,10H2,1-2H3,(H,25,26)(H,23,27,29)/b16-9-. The van der Waals surface area contributed by atoms with Gasteiger partial charge in [-0.05, 0) is 61.4 Å². The van der Waals surface area contributed by atoms with E-state index in [2.05, 4.69) is 21.2 Å². The number of amides is 4. The number of imide groups is 2. The minimum atomic E-state index is -1.17. The van der Waals surface area contributed by atoms with Gasteiger partial charge < -0.3 is 9.84 Å². The van der Waals surface area contributed by atoms with E-state index in [4.69, 9.17) is 9.84 Å². The number of carbonyl (C=O) groups excluding carboxylic acids is 3. The van der Waals surface area contributed by atoms with Crippen molar-refractivity contribution >= 4 is 51.5 Å². The maximum Gasteiger partial charge on any atom is 0.341 e. The first-order chi connectivity index (χ1) is 14.2. The number of aliphatic carboxylic acids is 1. The second kappa shape index (κ2) is 8.50. The summed E-state index contributed by atoms with van der Waals surface area (Å²) in [7, 11) is 0. The average molecular weight is 473 g/mol. The summed E-state index contributed by atoms with van der Waals surface area (Å²) < 4.78 is 5.87. The van der Waals surface area contributed by atoms with Crippen LogP contribution in [0, 0.1) is 13.8 Å². The van der Waals surface area contributed by atoms with E-state index < -0.39 is 30.4 Å². The number of urea groups is 1. The number of nitrogens with one attached hydrogen (secondary N) is 1. The van der Waals surface area contributed by atoms with Crippen LogP contribution in [0.3, 0.4) is 0 Å². The van der Waals surface area contributed by atoms with Gasteiger partial charge in [-0.25, -0.2) is 14.5 Å². The van der Waals surface area contributed by atoms with Crippen LogP contribution in [0.25, 0.3) is 6.08 Å². The number of rotatable bonds is 5. The Hall–Kier alpha value is -3.46. The van der Waals surface area contributed by atoms with Crippen molar-refractivity contribution < 1.29 is 29.0 Å². The van der Waals surface area contributed by atoms with Gasteiger partial charge in [-0.2, -0.15) is 0 Å². The van der Waals surface area contributed by atoms with E-state index in [0.717, 1.165) is 16.0 Å². The predicted molar refractivity (Wildman–Crippen MR) is 112 cm³/mol. The van der Waals surface area contributed by atoms with Crippen LogP contribution in [-0.4, -0.2) is 35.5 Å². The summed E-state index contributed by atoms with van der Waals surface area (Å²) in [5, 5.41) is 11.0. The Morgan fingerprint density at radius 3 is 2.43 bits per heavy atom. The minimum Gasteiger partial charge on any atom is -0.481 e. The largest absolute Gasteiger partial charge is 0.481 e. The number of hydrogen-bond acceptors (Lipinski definition) is 5. The van der Waals surface area contributed by atoms with E-state index in [1.165, 1.54) is 12.1 Å². The van der Waals surface area contributed by atoms with E-state index in [0.29, 0.717) is 15.7 Å². The number of halogens is 1. The highest BCUT2D eigenvalue weighted by molar-refractivity contribution is 9.10. The van der Waals surface area contributed by atoms with Crippen LogP contribution in [0.5, 0.6) is 5.75 Å². The Morgan fingerprint density at radius 1 is 1.13 bits per heavy atom. The van der Waals surface area contributed by atoms with Crippen molar-refractivity contribution in [3.63, 3.8) is 0 Å². The number of hydrogen-bond donors (Lipinski definition) is 2. The summed E-state index contributed by atoms with van der Waals surface area (Å²) in [4.78, 5) is 49.6. The highest BCUT2D eigenvalue weighted by atomic mass is 79.9. The predicted octanol–water partition coefficient (Wildman–Crippen LogP) is 3.20. The average Bonchev–Trinajstić information content (AvgIpc) is 2.63. The number of benzene rings is 2. The molecule has 0 aliphatic carbocycles. The minimum absolute atomic E-state index is 0.170. The molecule has 9 heteroatoms. The summed E-state index contributed by atoms with van der Waals surface area (Å²) in [5.41, 5.74) is 2.06. The molecule has 0 saturated carbocycles. The molecule has 154 valence electrons. The van der Waals surface area contributed by atoms with Crippen molar-refractivity contribution in [2.24, 2.45) is 0 Å². The van der Waals surface area contributed by atoms with Crippen molar-refractivity contribution in [1.82, 2.24) is 5.32 Å². The molecule has 2 aromatic carbocycles. The third-order valence-electron chi connectivity index (χ3n) is 4.19. The zero-order valence-electron chi connectivity index (χ0n) is 16.1. The summed E-state index contributed by atoms with van der Waals surface area (Å²) in [6, 6.07) is 9.10. The van der Waals surface area contributed by atoms with Gasteiger partial charge >= 0.3 is 12.0 Å². The number of carboxylic acid groups (broad SMARTS) is 1. The smallest absolute Gasteiger partial charge is 0.341 e. The molecule has 0 atom stereocenters. The van der Waals surface area contributed by atoms with Crippen molar-refractivity contribution in [2.75, 3.05) is 11.5 Å². The fourth-order valence-electron chi connectivity index (χ4n) is 3.03. The van der Waals surface area contributed by atoms with Crippen molar-refractivity contribution in [1.29, 1.82) is 0 Å². The number of nitrogens with zero attached hydrogens (tertiary/aromatic N) is 1. The lowest BCUT2D eigenvalue weighted by Gasteiger charge is -2.27. The highest BCUT2D eigenvalue weighted by Crippen LogP contribution is 2.28. The summed E-state index contributed by atoms with van der Waals surface area (Å²) >= 11 is 3.29. The molecule has 1 saturated heterocycles. The lowest BCUT2D eigenvalue weighted by atomic mass is 10.0. The first-order valence-corrected chi connectivity index (χ1v) is 9.59. The molecule has 30 heavy (non-hydrogen) atoms. The van der Waals surface area contributed by atoms with Gasteiger partial charge in [0.25, 0.3) is 11.8 Å².